The molecule has 1 aromatic rings. The molecule has 3 nitrogen and oxygen atoms in total. The van der Waals surface area contributed by atoms with Gasteiger partial charge in [0.25, 0.3) is 5.92 Å². The standard InChI is InChI=1S/C13H15F2NO2/c1-18-12(17)10-3-5-11(6-4-10)16-8-2-7-13(14,15)9-16/h3-6H,2,7-9H2,1H3. The number of anilines is 1. The van der Waals surface area contributed by atoms with E-state index in [1.807, 2.05) is 0 Å². The van der Waals surface area contributed by atoms with Crippen molar-refractivity contribution in [2.24, 2.45) is 0 Å². The smallest absolute Gasteiger partial charge is 0.337 e. The number of piperidine rings is 1. The molecule has 0 N–H and O–H groups in total. The Bertz CT molecular complexity index is 431. The summed E-state index contributed by atoms with van der Waals surface area (Å²) >= 11 is 0. The van der Waals surface area contributed by atoms with Gasteiger partial charge in [-0.15, -0.1) is 0 Å². The third-order valence-corrected chi connectivity index (χ3v) is 3.05. The van der Waals surface area contributed by atoms with Crippen molar-refractivity contribution >= 4 is 11.7 Å². The van der Waals surface area contributed by atoms with Crippen molar-refractivity contribution in [1.29, 1.82) is 0 Å². The summed E-state index contributed by atoms with van der Waals surface area (Å²) in [6.07, 6.45) is 0.426. The van der Waals surface area contributed by atoms with Gasteiger partial charge in [0.1, 0.15) is 0 Å². The van der Waals surface area contributed by atoms with E-state index in [9.17, 15) is 13.6 Å². The van der Waals surface area contributed by atoms with Crippen LogP contribution in [0.2, 0.25) is 0 Å². The molecule has 1 aliphatic heterocycles. The SMILES string of the molecule is COC(=O)c1ccc(N2CCCC(F)(F)C2)cc1. The molecule has 0 atom stereocenters. The molecule has 0 unspecified atom stereocenters. The van der Waals surface area contributed by atoms with Gasteiger partial charge in [0.05, 0.1) is 19.2 Å². The lowest BCUT2D eigenvalue weighted by Gasteiger charge is -2.34. The maximum atomic E-state index is 13.3. The normalized spacial score (nSPS) is 18.5. The number of ether oxygens (including phenoxy) is 1. The van der Waals surface area contributed by atoms with Gasteiger partial charge in [-0.1, -0.05) is 0 Å². The Labute approximate surface area is 104 Å². The minimum atomic E-state index is -2.63. The van der Waals surface area contributed by atoms with Crippen molar-refractivity contribution in [3.8, 4) is 0 Å². The Hall–Kier alpha value is -1.65. The predicted octanol–water partition coefficient (Wildman–Crippen LogP) is 2.71. The predicted molar refractivity (Wildman–Crippen MR) is 64.2 cm³/mol. The van der Waals surface area contributed by atoms with Gasteiger partial charge in [-0.05, 0) is 30.7 Å². The van der Waals surface area contributed by atoms with Crippen molar-refractivity contribution < 1.29 is 18.3 Å². The first-order valence-corrected chi connectivity index (χ1v) is 5.83. The highest BCUT2D eigenvalue weighted by Gasteiger charge is 2.35. The van der Waals surface area contributed by atoms with E-state index in [1.54, 1.807) is 29.2 Å². The highest BCUT2D eigenvalue weighted by atomic mass is 19.3. The van der Waals surface area contributed by atoms with Gasteiger partial charge in [0, 0.05) is 18.7 Å². The van der Waals surface area contributed by atoms with E-state index in [2.05, 4.69) is 4.74 Å². The van der Waals surface area contributed by atoms with E-state index in [0.717, 1.165) is 0 Å². The molecule has 0 spiro atoms. The molecule has 0 amide bonds. The van der Waals surface area contributed by atoms with Gasteiger partial charge in [-0.25, -0.2) is 13.6 Å². The van der Waals surface area contributed by atoms with E-state index >= 15 is 0 Å². The number of esters is 1. The summed E-state index contributed by atoms with van der Waals surface area (Å²) in [6.45, 7) is 0.359. The molecule has 0 saturated carbocycles. The zero-order chi connectivity index (χ0) is 13.2. The lowest BCUT2D eigenvalue weighted by Crippen LogP contribution is -2.42. The number of nitrogens with zero attached hydrogens (tertiary/aromatic N) is 1. The minimum Gasteiger partial charge on any atom is -0.465 e. The highest BCUT2D eigenvalue weighted by molar-refractivity contribution is 5.89. The highest BCUT2D eigenvalue weighted by Crippen LogP contribution is 2.29. The topological polar surface area (TPSA) is 29.5 Å². The number of carbonyl (C=O) groups is 1. The van der Waals surface area contributed by atoms with Crippen LogP contribution in [0.4, 0.5) is 14.5 Å². The van der Waals surface area contributed by atoms with E-state index < -0.39 is 11.9 Å². The van der Waals surface area contributed by atoms with Crippen LogP contribution in [0.15, 0.2) is 24.3 Å². The second-order valence-electron chi connectivity index (χ2n) is 4.42. The quantitative estimate of drug-likeness (QED) is 0.761. The fraction of sp³-hybridized carbons (Fsp3) is 0.462. The number of carbonyl (C=O) groups excluding carboxylic acids is 1. The minimum absolute atomic E-state index is 0.0518. The average Bonchev–Trinajstić information content (AvgIpc) is 2.37. The van der Waals surface area contributed by atoms with Gasteiger partial charge >= 0.3 is 5.97 Å². The number of benzene rings is 1. The van der Waals surface area contributed by atoms with Crippen LogP contribution in [0.5, 0.6) is 0 Å². The number of hydrogen-bond acceptors (Lipinski definition) is 3. The summed E-state index contributed by atoms with van der Waals surface area (Å²) in [5.74, 6) is -3.05. The van der Waals surface area contributed by atoms with Crippen molar-refractivity contribution in [3.63, 3.8) is 0 Å². The molecule has 1 aromatic carbocycles. The van der Waals surface area contributed by atoms with Gasteiger partial charge in [-0.2, -0.15) is 0 Å². The number of alkyl halides is 2. The fourth-order valence-corrected chi connectivity index (χ4v) is 2.11. The average molecular weight is 255 g/mol. The van der Waals surface area contributed by atoms with Crippen LogP contribution in [0.3, 0.4) is 0 Å². The first kappa shape index (κ1) is 12.8. The molecule has 1 fully saturated rings. The molecule has 0 bridgehead atoms. The maximum absolute atomic E-state index is 13.3. The molecular weight excluding hydrogens is 240 g/mol. The fourth-order valence-electron chi connectivity index (χ4n) is 2.11. The lowest BCUT2D eigenvalue weighted by atomic mass is 10.1. The van der Waals surface area contributed by atoms with Gasteiger partial charge in [0.15, 0.2) is 0 Å². The summed E-state index contributed by atoms with van der Waals surface area (Å²) in [5.41, 5.74) is 1.13. The van der Waals surface area contributed by atoms with Gasteiger partial charge in [0.2, 0.25) is 0 Å². The molecule has 1 heterocycles. The molecule has 0 radical (unpaired) electrons. The van der Waals surface area contributed by atoms with Crippen LogP contribution in [-0.2, 0) is 4.74 Å². The summed E-state index contributed by atoms with van der Waals surface area (Å²) in [5, 5.41) is 0. The number of halogens is 2. The second kappa shape index (κ2) is 4.92. The first-order valence-electron chi connectivity index (χ1n) is 5.83. The third kappa shape index (κ3) is 2.78. The summed E-state index contributed by atoms with van der Waals surface area (Å²) in [7, 11) is 1.31. The molecule has 0 aliphatic carbocycles. The number of hydrogen-bond donors (Lipinski definition) is 0. The summed E-state index contributed by atoms with van der Waals surface area (Å²) in [6, 6.07) is 6.53. The van der Waals surface area contributed by atoms with Gasteiger partial charge in [-0.3, -0.25) is 0 Å². The van der Waals surface area contributed by atoms with E-state index in [1.165, 1.54) is 7.11 Å². The Balaban J connectivity index is 2.12. The number of rotatable bonds is 2. The van der Waals surface area contributed by atoms with Crippen molar-refractivity contribution in [3.05, 3.63) is 29.8 Å². The molecule has 18 heavy (non-hydrogen) atoms. The monoisotopic (exact) mass is 255 g/mol. The second-order valence-corrected chi connectivity index (χ2v) is 4.42. The summed E-state index contributed by atoms with van der Waals surface area (Å²) in [4.78, 5) is 12.9. The molecule has 0 aromatic heterocycles. The van der Waals surface area contributed by atoms with E-state index in [4.69, 9.17) is 0 Å². The Kier molecular flexibility index (Phi) is 3.50. The van der Waals surface area contributed by atoms with Crippen molar-refractivity contribution in [2.75, 3.05) is 25.1 Å². The van der Waals surface area contributed by atoms with Gasteiger partial charge < -0.3 is 9.64 Å². The van der Waals surface area contributed by atoms with Crippen LogP contribution in [0.1, 0.15) is 23.2 Å². The van der Waals surface area contributed by atoms with Crippen molar-refractivity contribution in [1.82, 2.24) is 0 Å². The van der Waals surface area contributed by atoms with Crippen LogP contribution in [0, 0.1) is 0 Å². The number of methoxy groups -OCH3 is 1. The molecule has 98 valence electrons. The Morgan fingerprint density at radius 1 is 1.33 bits per heavy atom. The Morgan fingerprint density at radius 2 is 2.00 bits per heavy atom. The first-order chi connectivity index (χ1) is 8.52. The third-order valence-electron chi connectivity index (χ3n) is 3.05. The molecular formula is C13H15F2NO2. The van der Waals surface area contributed by atoms with Crippen LogP contribution in [0.25, 0.3) is 0 Å². The molecule has 5 heteroatoms. The maximum Gasteiger partial charge on any atom is 0.337 e. The lowest BCUT2D eigenvalue weighted by molar-refractivity contribution is -0.0116. The van der Waals surface area contributed by atoms with E-state index in [-0.39, 0.29) is 13.0 Å². The van der Waals surface area contributed by atoms with Crippen LogP contribution in [-0.4, -0.2) is 32.1 Å². The zero-order valence-electron chi connectivity index (χ0n) is 10.2. The zero-order valence-corrected chi connectivity index (χ0v) is 10.2. The molecule has 1 aliphatic rings. The van der Waals surface area contributed by atoms with Crippen molar-refractivity contribution in [2.45, 2.75) is 18.8 Å². The largest absolute Gasteiger partial charge is 0.465 e. The molecule has 1 saturated heterocycles. The molecule has 2 rings (SSSR count). The van der Waals surface area contributed by atoms with Crippen LogP contribution < -0.4 is 4.90 Å². The summed E-state index contributed by atoms with van der Waals surface area (Å²) < 4.78 is 31.2. The van der Waals surface area contributed by atoms with E-state index in [0.29, 0.717) is 24.2 Å². The van der Waals surface area contributed by atoms with Crippen LogP contribution >= 0.6 is 0 Å². The Morgan fingerprint density at radius 3 is 2.56 bits per heavy atom.